The Kier molecular flexibility index (Phi) is 4.02. The molecule has 0 radical (unpaired) electrons. The second kappa shape index (κ2) is 4.83. The maximum atomic E-state index is 5.45. The second-order valence-corrected chi connectivity index (χ2v) is 3.81. The van der Waals surface area contributed by atoms with Crippen LogP contribution in [-0.4, -0.2) is 25.4 Å². The molecule has 0 amide bonds. The van der Waals surface area contributed by atoms with Crippen molar-refractivity contribution >= 4 is 0 Å². The van der Waals surface area contributed by atoms with Gasteiger partial charge >= 0.3 is 0 Å². The van der Waals surface area contributed by atoms with Gasteiger partial charge < -0.3 is 9.47 Å². The first-order chi connectivity index (χ1) is 5.75. The lowest BCUT2D eigenvalue weighted by Gasteiger charge is -2.00. The maximum Gasteiger partial charge on any atom is 0.108 e. The first kappa shape index (κ1) is 10.0. The molecule has 0 aromatic carbocycles. The minimum absolute atomic E-state index is 0.391. The van der Waals surface area contributed by atoms with Gasteiger partial charge in [0.25, 0.3) is 0 Å². The van der Waals surface area contributed by atoms with Gasteiger partial charge in [0.05, 0.1) is 12.7 Å². The molecule has 1 fully saturated rings. The van der Waals surface area contributed by atoms with Gasteiger partial charge in [0.1, 0.15) is 6.10 Å². The third-order valence-electron chi connectivity index (χ3n) is 2.20. The minimum atomic E-state index is 0.391. The molecule has 12 heavy (non-hydrogen) atoms. The van der Waals surface area contributed by atoms with Crippen LogP contribution in [0.5, 0.6) is 0 Å². The van der Waals surface area contributed by atoms with E-state index in [9.17, 15) is 0 Å². The van der Waals surface area contributed by atoms with Crippen LogP contribution in [-0.2, 0) is 9.47 Å². The summed E-state index contributed by atoms with van der Waals surface area (Å²) in [6, 6.07) is 0. The predicted molar refractivity (Wildman–Crippen MR) is 49.2 cm³/mol. The fourth-order valence-electron chi connectivity index (χ4n) is 1.32. The Balaban J connectivity index is 1.90. The van der Waals surface area contributed by atoms with Crippen LogP contribution in [0.3, 0.4) is 0 Å². The van der Waals surface area contributed by atoms with Crippen LogP contribution in [0.2, 0.25) is 0 Å². The van der Waals surface area contributed by atoms with E-state index in [1.54, 1.807) is 0 Å². The summed E-state index contributed by atoms with van der Waals surface area (Å²) in [5, 5.41) is 0. The molecule has 0 aromatic heterocycles. The monoisotopic (exact) mass is 172 g/mol. The lowest BCUT2D eigenvalue weighted by molar-refractivity contribution is 0.114. The van der Waals surface area contributed by atoms with Crippen LogP contribution in [0, 0.1) is 5.92 Å². The van der Waals surface area contributed by atoms with Crippen molar-refractivity contribution in [3.05, 3.63) is 0 Å². The standard InChI is InChI=1S/C10H20O2/c1-4-5-6-11-7-9-10(12-9)8(2)3/h8-10H,4-7H2,1-3H3. The minimum Gasteiger partial charge on any atom is -0.379 e. The topological polar surface area (TPSA) is 21.8 Å². The molecule has 0 spiro atoms. The molecule has 0 N–H and O–H groups in total. The van der Waals surface area contributed by atoms with Gasteiger partial charge in [0, 0.05) is 6.61 Å². The Labute approximate surface area is 75.2 Å². The molecule has 2 heteroatoms. The van der Waals surface area contributed by atoms with Crippen LogP contribution in [0.25, 0.3) is 0 Å². The summed E-state index contributed by atoms with van der Waals surface area (Å²) in [5.74, 6) is 0.643. The third-order valence-corrected chi connectivity index (χ3v) is 2.20. The highest BCUT2D eigenvalue weighted by molar-refractivity contribution is 4.86. The zero-order valence-corrected chi connectivity index (χ0v) is 8.38. The van der Waals surface area contributed by atoms with Crippen molar-refractivity contribution in [3.8, 4) is 0 Å². The van der Waals surface area contributed by atoms with E-state index in [2.05, 4.69) is 20.8 Å². The van der Waals surface area contributed by atoms with E-state index in [1.165, 1.54) is 12.8 Å². The molecule has 0 aliphatic carbocycles. The molecular formula is C10H20O2. The predicted octanol–water partition coefficient (Wildman–Crippen LogP) is 2.23. The number of epoxide rings is 1. The zero-order valence-electron chi connectivity index (χ0n) is 8.38. The SMILES string of the molecule is CCCCOCC1OC1C(C)C. The smallest absolute Gasteiger partial charge is 0.108 e. The van der Waals surface area contributed by atoms with Crippen molar-refractivity contribution in [2.75, 3.05) is 13.2 Å². The molecule has 1 saturated heterocycles. The molecule has 2 nitrogen and oxygen atoms in total. The van der Waals surface area contributed by atoms with Crippen LogP contribution < -0.4 is 0 Å². The van der Waals surface area contributed by atoms with Crippen molar-refractivity contribution in [1.29, 1.82) is 0 Å². The summed E-state index contributed by atoms with van der Waals surface area (Å²) < 4.78 is 10.9. The number of hydrogen-bond donors (Lipinski definition) is 0. The summed E-state index contributed by atoms with van der Waals surface area (Å²) in [5.41, 5.74) is 0. The van der Waals surface area contributed by atoms with Gasteiger partial charge in [-0.1, -0.05) is 27.2 Å². The Morgan fingerprint density at radius 3 is 2.67 bits per heavy atom. The highest BCUT2D eigenvalue weighted by Crippen LogP contribution is 2.29. The Morgan fingerprint density at radius 2 is 2.17 bits per heavy atom. The normalized spacial score (nSPS) is 28.0. The highest BCUT2D eigenvalue weighted by Gasteiger charge is 2.40. The maximum absolute atomic E-state index is 5.45. The molecule has 0 saturated carbocycles. The Bertz CT molecular complexity index is 123. The third kappa shape index (κ3) is 3.11. The summed E-state index contributed by atoms with van der Waals surface area (Å²) in [6.45, 7) is 8.24. The lowest BCUT2D eigenvalue weighted by atomic mass is 10.1. The quantitative estimate of drug-likeness (QED) is 0.452. The molecule has 1 rings (SSSR count). The van der Waals surface area contributed by atoms with Gasteiger partial charge in [-0.2, -0.15) is 0 Å². The van der Waals surface area contributed by atoms with Crippen LogP contribution >= 0.6 is 0 Å². The van der Waals surface area contributed by atoms with Gasteiger partial charge in [-0.25, -0.2) is 0 Å². The summed E-state index contributed by atoms with van der Waals surface area (Å²) in [4.78, 5) is 0. The first-order valence-electron chi connectivity index (χ1n) is 4.99. The Morgan fingerprint density at radius 1 is 1.42 bits per heavy atom. The van der Waals surface area contributed by atoms with Crippen LogP contribution in [0.15, 0.2) is 0 Å². The van der Waals surface area contributed by atoms with Crippen molar-refractivity contribution < 1.29 is 9.47 Å². The molecule has 1 aliphatic heterocycles. The number of ether oxygens (including phenoxy) is 2. The molecule has 0 aromatic rings. The van der Waals surface area contributed by atoms with Gasteiger partial charge in [-0.15, -0.1) is 0 Å². The number of hydrogen-bond acceptors (Lipinski definition) is 2. The number of unbranched alkanes of at least 4 members (excludes halogenated alkanes) is 1. The van der Waals surface area contributed by atoms with E-state index in [1.807, 2.05) is 0 Å². The first-order valence-corrected chi connectivity index (χ1v) is 4.99. The van der Waals surface area contributed by atoms with E-state index in [0.717, 1.165) is 13.2 Å². The fourth-order valence-corrected chi connectivity index (χ4v) is 1.32. The molecule has 1 heterocycles. The highest BCUT2D eigenvalue weighted by atomic mass is 16.6. The van der Waals surface area contributed by atoms with Crippen molar-refractivity contribution in [1.82, 2.24) is 0 Å². The largest absolute Gasteiger partial charge is 0.379 e. The second-order valence-electron chi connectivity index (χ2n) is 3.81. The fraction of sp³-hybridized carbons (Fsp3) is 1.00. The molecule has 2 atom stereocenters. The van der Waals surface area contributed by atoms with E-state index < -0.39 is 0 Å². The van der Waals surface area contributed by atoms with E-state index in [4.69, 9.17) is 9.47 Å². The van der Waals surface area contributed by atoms with Gasteiger partial charge in [-0.3, -0.25) is 0 Å². The average Bonchev–Trinajstić information content (AvgIpc) is 2.77. The van der Waals surface area contributed by atoms with E-state index in [-0.39, 0.29) is 0 Å². The number of rotatable bonds is 6. The summed E-state index contributed by atoms with van der Waals surface area (Å²) >= 11 is 0. The summed E-state index contributed by atoms with van der Waals surface area (Å²) in [7, 11) is 0. The van der Waals surface area contributed by atoms with Crippen molar-refractivity contribution in [2.24, 2.45) is 5.92 Å². The Hall–Kier alpha value is -0.0800. The average molecular weight is 172 g/mol. The van der Waals surface area contributed by atoms with Crippen molar-refractivity contribution in [2.45, 2.75) is 45.8 Å². The summed E-state index contributed by atoms with van der Waals surface area (Å²) in [6.07, 6.45) is 3.23. The molecule has 72 valence electrons. The van der Waals surface area contributed by atoms with E-state index >= 15 is 0 Å². The van der Waals surface area contributed by atoms with Crippen molar-refractivity contribution in [3.63, 3.8) is 0 Å². The molecule has 0 bridgehead atoms. The molecule has 1 aliphatic rings. The zero-order chi connectivity index (χ0) is 8.97. The van der Waals surface area contributed by atoms with Gasteiger partial charge in [0.15, 0.2) is 0 Å². The van der Waals surface area contributed by atoms with Gasteiger partial charge in [0.2, 0.25) is 0 Å². The van der Waals surface area contributed by atoms with Gasteiger partial charge in [-0.05, 0) is 12.3 Å². The van der Waals surface area contributed by atoms with E-state index in [0.29, 0.717) is 18.1 Å². The van der Waals surface area contributed by atoms with Crippen LogP contribution in [0.4, 0.5) is 0 Å². The van der Waals surface area contributed by atoms with Crippen LogP contribution in [0.1, 0.15) is 33.6 Å². The molecular weight excluding hydrogens is 152 g/mol. The molecule has 2 unspecified atom stereocenters. The lowest BCUT2D eigenvalue weighted by Crippen LogP contribution is -2.09.